The van der Waals surface area contributed by atoms with Gasteiger partial charge in [-0.3, -0.25) is 14.4 Å². The Bertz CT molecular complexity index is 1610. The molecular formula is C47H75FN2O11. The van der Waals surface area contributed by atoms with Gasteiger partial charge < -0.3 is 44.5 Å². The van der Waals surface area contributed by atoms with E-state index in [9.17, 15) is 29.4 Å². The number of hydrogen-bond acceptors (Lipinski definition) is 12. The van der Waals surface area contributed by atoms with Gasteiger partial charge in [0, 0.05) is 51.0 Å². The number of aliphatic hydroxyl groups excluding tert-OH is 1. The van der Waals surface area contributed by atoms with Crippen LogP contribution < -0.4 is 5.73 Å². The SMILES string of the molecule is CCC1/C=C(\C)C(F)C(C)CC(OC)C2OC(O)(C(=O)C(=O)N3CCCCC3C(=O)OC(C(C)=CC3CCC(N)C(OCC=C(C)C)C3)C(C)C(O)CC1=O)C(C)CC2OC. The van der Waals surface area contributed by atoms with Gasteiger partial charge in [0.05, 0.1) is 31.0 Å². The number of cyclic esters (lactones) is 1. The van der Waals surface area contributed by atoms with Crippen LogP contribution in [0.15, 0.2) is 34.9 Å². The van der Waals surface area contributed by atoms with E-state index in [1.165, 1.54) is 14.2 Å². The number of fused-ring (bicyclic) bond motifs is 3. The van der Waals surface area contributed by atoms with Crippen molar-refractivity contribution in [3.8, 4) is 0 Å². The summed E-state index contributed by atoms with van der Waals surface area (Å²) in [7, 11) is 2.89. The molecule has 2 bridgehead atoms. The lowest BCUT2D eigenvalue weighted by atomic mass is 9.81. The summed E-state index contributed by atoms with van der Waals surface area (Å²) in [6.07, 6.45) is 2.82. The average Bonchev–Trinajstić information content (AvgIpc) is 3.23. The zero-order valence-electron chi connectivity index (χ0n) is 38.3. The molecule has 4 rings (SSSR count). The number of Topliss-reactive ketones (excluding diaryl/α,β-unsaturated/α-hetero) is 2. The number of esters is 1. The van der Waals surface area contributed by atoms with E-state index in [0.717, 1.165) is 23.3 Å². The molecule has 3 heterocycles. The molecule has 1 amide bonds. The van der Waals surface area contributed by atoms with Crippen molar-refractivity contribution in [3.63, 3.8) is 0 Å². The fourth-order valence-corrected chi connectivity index (χ4v) is 9.61. The second-order valence-corrected chi connectivity index (χ2v) is 18.6. The van der Waals surface area contributed by atoms with E-state index >= 15 is 4.39 Å². The molecule has 13 nitrogen and oxygen atoms in total. The second-order valence-electron chi connectivity index (χ2n) is 18.6. The first-order valence-electron chi connectivity index (χ1n) is 22.5. The number of hydrogen-bond donors (Lipinski definition) is 3. The van der Waals surface area contributed by atoms with Crippen molar-refractivity contribution in [3.05, 3.63) is 34.9 Å². The number of nitrogens with zero attached hydrogens (tertiary/aromatic N) is 1. The van der Waals surface area contributed by atoms with Crippen LogP contribution in [0.3, 0.4) is 0 Å². The fourth-order valence-electron chi connectivity index (χ4n) is 9.61. The van der Waals surface area contributed by atoms with Gasteiger partial charge in [-0.25, -0.2) is 9.18 Å². The fraction of sp³-hybridized carbons (Fsp3) is 0.787. The van der Waals surface area contributed by atoms with Crippen LogP contribution in [-0.4, -0.2) is 127 Å². The Labute approximate surface area is 363 Å². The number of methoxy groups -OCH3 is 2. The summed E-state index contributed by atoms with van der Waals surface area (Å²) in [4.78, 5) is 58.0. The number of rotatable bonds is 8. The molecule has 1 saturated carbocycles. The van der Waals surface area contributed by atoms with Gasteiger partial charge in [-0.05, 0) is 108 Å². The van der Waals surface area contributed by atoms with E-state index in [1.807, 2.05) is 39.8 Å². The first kappa shape index (κ1) is 50.8. The first-order chi connectivity index (χ1) is 28.8. The molecule has 61 heavy (non-hydrogen) atoms. The molecule has 0 aromatic heterocycles. The number of piperidine rings is 1. The number of ether oxygens (including phenoxy) is 5. The number of amides is 1. The van der Waals surface area contributed by atoms with Crippen molar-refractivity contribution in [1.82, 2.24) is 4.90 Å². The van der Waals surface area contributed by atoms with Gasteiger partial charge in [0.15, 0.2) is 0 Å². The van der Waals surface area contributed by atoms with Crippen LogP contribution in [0.5, 0.6) is 0 Å². The standard InChI is InChI=1S/C47H75FN2O11/c1-11-33-21-27(4)41(48)28(5)22-39(57-9)43-40(58-10)23-30(7)47(56,61-43)44(53)45(54)50-18-13-12-14-35(50)46(55)60-42(31(8)36(51)25-37(33)52)29(6)20-32-15-16-34(49)38(24-32)59-19-17-26(2)3/h17,20-21,28,30-36,38-43,51,56H,11-16,18-19,22-25,49H2,1-10H3/b27-21+,29-20?. The summed E-state index contributed by atoms with van der Waals surface area (Å²) in [6, 6.07) is -1.31. The largest absolute Gasteiger partial charge is 0.456 e. The molecule has 2 saturated heterocycles. The molecule has 4 aliphatic rings. The maximum absolute atomic E-state index is 16.3. The highest BCUT2D eigenvalue weighted by Gasteiger charge is 2.57. The number of carbonyl (C=O) groups is 4. The lowest BCUT2D eigenvalue weighted by molar-refractivity contribution is -0.302. The quantitative estimate of drug-likeness (QED) is 0.154. The van der Waals surface area contributed by atoms with Crippen LogP contribution in [0, 0.1) is 29.6 Å². The van der Waals surface area contributed by atoms with Crippen molar-refractivity contribution < 1.29 is 57.5 Å². The Hall–Kier alpha value is -2.85. The van der Waals surface area contributed by atoms with Crippen molar-refractivity contribution in [2.24, 2.45) is 35.3 Å². The topological polar surface area (TPSA) is 184 Å². The third-order valence-corrected chi connectivity index (χ3v) is 13.7. The smallest absolute Gasteiger partial charge is 0.329 e. The molecule has 15 unspecified atom stereocenters. The molecule has 14 heteroatoms. The predicted molar refractivity (Wildman–Crippen MR) is 229 cm³/mol. The molecule has 0 spiro atoms. The molecular weight excluding hydrogens is 788 g/mol. The molecule has 15 atom stereocenters. The summed E-state index contributed by atoms with van der Waals surface area (Å²) in [5.41, 5.74) is 8.60. The number of carbonyl (C=O) groups excluding carboxylic acids is 4. The first-order valence-corrected chi connectivity index (χ1v) is 22.5. The Morgan fingerprint density at radius 1 is 1.00 bits per heavy atom. The van der Waals surface area contributed by atoms with Crippen LogP contribution in [0.25, 0.3) is 0 Å². The number of nitrogens with two attached hydrogens (primary N) is 1. The van der Waals surface area contributed by atoms with Crippen molar-refractivity contribution in [2.45, 2.75) is 180 Å². The summed E-state index contributed by atoms with van der Waals surface area (Å²) < 4.78 is 46.5. The summed E-state index contributed by atoms with van der Waals surface area (Å²) in [5.74, 6) is -8.97. The number of allylic oxidation sites excluding steroid dienone is 4. The zero-order chi connectivity index (χ0) is 45.3. The van der Waals surface area contributed by atoms with Gasteiger partial charge in [-0.2, -0.15) is 0 Å². The van der Waals surface area contributed by atoms with E-state index in [4.69, 9.17) is 29.4 Å². The van der Waals surface area contributed by atoms with E-state index in [1.54, 1.807) is 33.8 Å². The second kappa shape index (κ2) is 22.7. The van der Waals surface area contributed by atoms with Crippen LogP contribution in [0.2, 0.25) is 0 Å². The molecule has 3 fully saturated rings. The minimum absolute atomic E-state index is 0.0165. The van der Waals surface area contributed by atoms with E-state index in [2.05, 4.69) is 0 Å². The van der Waals surface area contributed by atoms with Crippen LogP contribution >= 0.6 is 0 Å². The van der Waals surface area contributed by atoms with Crippen molar-refractivity contribution >= 4 is 23.4 Å². The molecule has 0 aromatic rings. The summed E-state index contributed by atoms with van der Waals surface area (Å²) in [6.45, 7) is 14.8. The maximum atomic E-state index is 16.3. The van der Waals surface area contributed by atoms with E-state index in [0.29, 0.717) is 43.4 Å². The van der Waals surface area contributed by atoms with Gasteiger partial charge in [-0.1, -0.05) is 51.5 Å². The highest BCUT2D eigenvalue weighted by Crippen LogP contribution is 2.39. The third kappa shape index (κ3) is 12.5. The highest BCUT2D eigenvalue weighted by molar-refractivity contribution is 6.39. The van der Waals surface area contributed by atoms with Gasteiger partial charge in [0.25, 0.3) is 11.7 Å². The van der Waals surface area contributed by atoms with Gasteiger partial charge in [0.1, 0.15) is 30.2 Å². The average molecular weight is 863 g/mol. The molecule has 346 valence electrons. The van der Waals surface area contributed by atoms with E-state index < -0.39 is 89.9 Å². The van der Waals surface area contributed by atoms with E-state index in [-0.39, 0.29) is 56.1 Å². The minimum atomic E-state index is -2.60. The molecule has 1 aliphatic carbocycles. The Kier molecular flexibility index (Phi) is 18.9. The van der Waals surface area contributed by atoms with Gasteiger partial charge in [0.2, 0.25) is 5.79 Å². The van der Waals surface area contributed by atoms with Crippen molar-refractivity contribution in [1.29, 1.82) is 0 Å². The number of alkyl halides is 1. The third-order valence-electron chi connectivity index (χ3n) is 13.7. The molecule has 0 radical (unpaired) electrons. The predicted octanol–water partition coefficient (Wildman–Crippen LogP) is 5.72. The molecule has 4 N–H and O–H groups in total. The lowest BCUT2D eigenvalue weighted by Gasteiger charge is -2.47. The normalized spacial score (nSPS) is 40.3. The Morgan fingerprint density at radius 2 is 1.67 bits per heavy atom. The maximum Gasteiger partial charge on any atom is 0.329 e. The summed E-state index contributed by atoms with van der Waals surface area (Å²) >= 11 is 0. The van der Waals surface area contributed by atoms with Crippen LogP contribution in [-0.2, 0) is 42.9 Å². The van der Waals surface area contributed by atoms with Gasteiger partial charge >= 0.3 is 5.97 Å². The molecule has 3 aliphatic heterocycles. The van der Waals surface area contributed by atoms with Crippen molar-refractivity contribution in [2.75, 3.05) is 27.4 Å². The lowest BCUT2D eigenvalue weighted by Crippen LogP contribution is -2.64. The van der Waals surface area contributed by atoms with Crippen LogP contribution in [0.4, 0.5) is 4.39 Å². The summed E-state index contributed by atoms with van der Waals surface area (Å²) in [5, 5.41) is 23.8. The Balaban J connectivity index is 1.77. The zero-order valence-corrected chi connectivity index (χ0v) is 38.3. The molecule has 0 aromatic carbocycles. The van der Waals surface area contributed by atoms with Crippen LogP contribution in [0.1, 0.15) is 120 Å². The highest BCUT2D eigenvalue weighted by atomic mass is 19.1. The Morgan fingerprint density at radius 3 is 2.31 bits per heavy atom. The number of aliphatic hydroxyl groups is 2. The number of ketones is 2. The van der Waals surface area contributed by atoms with Gasteiger partial charge in [-0.15, -0.1) is 0 Å². The monoisotopic (exact) mass is 863 g/mol. The number of halogens is 1. The minimum Gasteiger partial charge on any atom is -0.456 e.